The maximum absolute atomic E-state index is 11.7. The van der Waals surface area contributed by atoms with Crippen molar-refractivity contribution in [3.05, 3.63) is 52.0 Å². The van der Waals surface area contributed by atoms with Gasteiger partial charge in [0.2, 0.25) is 0 Å². The van der Waals surface area contributed by atoms with E-state index in [4.69, 9.17) is 5.84 Å². The van der Waals surface area contributed by atoms with Crippen LogP contribution in [0.2, 0.25) is 0 Å². The molecular formula is C14H14N4OS. The summed E-state index contributed by atoms with van der Waals surface area (Å²) in [4.78, 5) is 16.9. The zero-order chi connectivity index (χ0) is 14.1. The number of carbonyl (C=O) groups excluding carboxylic acids is 1. The van der Waals surface area contributed by atoms with E-state index in [2.05, 4.69) is 15.0 Å². The summed E-state index contributed by atoms with van der Waals surface area (Å²) in [5.41, 5.74) is 5.16. The number of imidazole rings is 1. The fourth-order valence-electron chi connectivity index (χ4n) is 2.29. The molecule has 0 unspecified atom stereocenters. The average molecular weight is 286 g/mol. The number of amides is 1. The van der Waals surface area contributed by atoms with Gasteiger partial charge in [0.15, 0.2) is 0 Å². The Morgan fingerprint density at radius 1 is 1.40 bits per heavy atom. The first-order valence-corrected chi connectivity index (χ1v) is 7.08. The number of hydrazine groups is 1. The van der Waals surface area contributed by atoms with Crippen molar-refractivity contribution in [1.29, 1.82) is 0 Å². The van der Waals surface area contributed by atoms with Gasteiger partial charge in [0.25, 0.3) is 5.91 Å². The van der Waals surface area contributed by atoms with E-state index in [1.165, 1.54) is 11.3 Å². The molecule has 0 radical (unpaired) electrons. The molecule has 6 heteroatoms. The Morgan fingerprint density at radius 3 is 3.00 bits per heavy atom. The Bertz CT molecular complexity index is 774. The molecule has 102 valence electrons. The van der Waals surface area contributed by atoms with Crippen molar-refractivity contribution in [3.63, 3.8) is 0 Å². The molecular weight excluding hydrogens is 272 g/mol. The Morgan fingerprint density at radius 2 is 2.20 bits per heavy atom. The summed E-state index contributed by atoms with van der Waals surface area (Å²) < 4.78 is 2.10. The van der Waals surface area contributed by atoms with Crippen LogP contribution in [0.25, 0.3) is 11.0 Å². The smallest absolute Gasteiger partial charge is 0.275 e. The Labute approximate surface area is 120 Å². The monoisotopic (exact) mass is 286 g/mol. The van der Waals surface area contributed by atoms with Crippen molar-refractivity contribution in [3.8, 4) is 0 Å². The lowest BCUT2D eigenvalue weighted by Gasteiger charge is -2.07. The number of thiophene rings is 1. The van der Waals surface area contributed by atoms with Gasteiger partial charge in [-0.05, 0) is 36.1 Å². The van der Waals surface area contributed by atoms with Crippen molar-refractivity contribution >= 4 is 28.3 Å². The van der Waals surface area contributed by atoms with E-state index < -0.39 is 0 Å². The maximum Gasteiger partial charge on any atom is 0.275 e. The number of rotatable bonds is 3. The van der Waals surface area contributed by atoms with E-state index in [1.807, 2.05) is 42.6 Å². The average Bonchev–Trinajstić information content (AvgIpc) is 3.04. The fraction of sp³-hybridized carbons (Fsp3) is 0.143. The van der Waals surface area contributed by atoms with Crippen LogP contribution in [0, 0.1) is 6.92 Å². The molecule has 5 nitrogen and oxygen atoms in total. The molecule has 2 heterocycles. The molecule has 3 rings (SSSR count). The number of benzene rings is 1. The van der Waals surface area contributed by atoms with E-state index in [-0.39, 0.29) is 5.91 Å². The molecule has 0 saturated carbocycles. The fourth-order valence-corrected chi connectivity index (χ4v) is 3.11. The number of carbonyl (C=O) groups is 1. The van der Waals surface area contributed by atoms with Gasteiger partial charge >= 0.3 is 0 Å². The van der Waals surface area contributed by atoms with Crippen LogP contribution in [-0.4, -0.2) is 15.5 Å². The maximum atomic E-state index is 11.7. The van der Waals surface area contributed by atoms with E-state index in [0.29, 0.717) is 11.4 Å². The van der Waals surface area contributed by atoms with Crippen molar-refractivity contribution in [1.82, 2.24) is 15.0 Å². The van der Waals surface area contributed by atoms with E-state index in [1.54, 1.807) is 0 Å². The molecule has 0 aliphatic rings. The number of aromatic nitrogens is 2. The topological polar surface area (TPSA) is 72.9 Å². The Hall–Kier alpha value is -2.18. The lowest BCUT2D eigenvalue weighted by atomic mass is 10.2. The first-order valence-electron chi connectivity index (χ1n) is 6.20. The van der Waals surface area contributed by atoms with Gasteiger partial charge in [-0.25, -0.2) is 10.8 Å². The van der Waals surface area contributed by atoms with Crippen LogP contribution in [0.15, 0.2) is 35.7 Å². The normalized spacial score (nSPS) is 10.9. The number of aryl methyl sites for hydroxylation is 1. The van der Waals surface area contributed by atoms with Crippen LogP contribution < -0.4 is 11.3 Å². The van der Waals surface area contributed by atoms with Crippen molar-refractivity contribution < 1.29 is 4.79 Å². The van der Waals surface area contributed by atoms with Crippen LogP contribution in [0.5, 0.6) is 0 Å². The van der Waals surface area contributed by atoms with Crippen molar-refractivity contribution in [2.45, 2.75) is 13.5 Å². The Balaban J connectivity index is 2.04. The van der Waals surface area contributed by atoms with Crippen LogP contribution in [0.1, 0.15) is 21.1 Å². The summed E-state index contributed by atoms with van der Waals surface area (Å²) in [6, 6.07) is 9.92. The van der Waals surface area contributed by atoms with Gasteiger partial charge < -0.3 is 4.57 Å². The van der Waals surface area contributed by atoms with Gasteiger partial charge in [0, 0.05) is 0 Å². The second-order valence-corrected chi connectivity index (χ2v) is 5.40. The minimum atomic E-state index is -0.253. The lowest BCUT2D eigenvalue weighted by Crippen LogP contribution is -2.30. The third kappa shape index (κ3) is 2.09. The highest BCUT2D eigenvalue weighted by Gasteiger charge is 2.14. The summed E-state index contributed by atoms with van der Waals surface area (Å²) in [5, 5.41) is 1.90. The predicted octanol–water partition coefficient (Wildman–Crippen LogP) is 2.06. The van der Waals surface area contributed by atoms with Gasteiger partial charge in [-0.15, -0.1) is 11.3 Å². The number of hydrogen-bond donors (Lipinski definition) is 2. The number of nitrogens with zero attached hydrogens (tertiary/aromatic N) is 2. The summed E-state index contributed by atoms with van der Waals surface area (Å²) in [6.45, 7) is 2.58. The highest BCUT2D eigenvalue weighted by molar-refractivity contribution is 7.12. The molecule has 2 aromatic heterocycles. The minimum absolute atomic E-state index is 0.253. The summed E-state index contributed by atoms with van der Waals surface area (Å²) in [6.07, 6.45) is 0. The summed E-state index contributed by atoms with van der Waals surface area (Å²) in [7, 11) is 0. The second kappa shape index (κ2) is 5.07. The molecule has 0 aliphatic heterocycles. The molecule has 3 N–H and O–H groups in total. The third-order valence-corrected chi connectivity index (χ3v) is 4.21. The second-order valence-electron chi connectivity index (χ2n) is 4.48. The third-order valence-electron chi connectivity index (χ3n) is 3.26. The summed E-state index contributed by atoms with van der Waals surface area (Å²) in [5.74, 6) is 5.89. The molecule has 1 aromatic carbocycles. The highest BCUT2D eigenvalue weighted by Crippen LogP contribution is 2.22. The van der Waals surface area contributed by atoms with Gasteiger partial charge in [-0.1, -0.05) is 12.1 Å². The van der Waals surface area contributed by atoms with E-state index in [9.17, 15) is 4.79 Å². The van der Waals surface area contributed by atoms with Gasteiger partial charge in [0.05, 0.1) is 22.5 Å². The van der Waals surface area contributed by atoms with E-state index >= 15 is 0 Å². The first kappa shape index (κ1) is 12.8. The van der Waals surface area contributed by atoms with Crippen LogP contribution in [-0.2, 0) is 6.54 Å². The van der Waals surface area contributed by atoms with E-state index in [0.717, 1.165) is 22.4 Å². The lowest BCUT2D eigenvalue weighted by molar-refractivity contribution is 0.0957. The molecule has 0 fully saturated rings. The van der Waals surface area contributed by atoms with Crippen LogP contribution in [0.4, 0.5) is 0 Å². The molecule has 3 aromatic rings. The molecule has 20 heavy (non-hydrogen) atoms. The van der Waals surface area contributed by atoms with Crippen LogP contribution >= 0.6 is 11.3 Å². The zero-order valence-electron chi connectivity index (χ0n) is 11.0. The molecule has 0 aliphatic carbocycles. The SMILES string of the molecule is Cc1nc2ccccc2n1Cc1ccsc1C(=O)NN. The molecule has 0 saturated heterocycles. The number of nitrogens with two attached hydrogens (primary N) is 1. The van der Waals surface area contributed by atoms with Crippen molar-refractivity contribution in [2.24, 2.45) is 5.84 Å². The number of hydrogen-bond acceptors (Lipinski definition) is 4. The van der Waals surface area contributed by atoms with Crippen LogP contribution in [0.3, 0.4) is 0 Å². The molecule has 0 bridgehead atoms. The quantitative estimate of drug-likeness (QED) is 0.440. The highest BCUT2D eigenvalue weighted by atomic mass is 32.1. The van der Waals surface area contributed by atoms with Gasteiger partial charge in [-0.3, -0.25) is 10.2 Å². The number of para-hydroxylation sites is 2. The standard InChI is InChI=1S/C14H14N4OS/c1-9-16-11-4-2-3-5-12(11)18(9)8-10-6-7-20-13(10)14(19)17-15/h2-7H,8,15H2,1H3,(H,17,19). The van der Waals surface area contributed by atoms with Gasteiger partial charge in [0.1, 0.15) is 5.82 Å². The van der Waals surface area contributed by atoms with Gasteiger partial charge in [-0.2, -0.15) is 0 Å². The summed E-state index contributed by atoms with van der Waals surface area (Å²) >= 11 is 1.39. The number of nitrogens with one attached hydrogen (secondary N) is 1. The zero-order valence-corrected chi connectivity index (χ0v) is 11.8. The predicted molar refractivity (Wildman–Crippen MR) is 79.5 cm³/mol. The molecule has 1 amide bonds. The number of fused-ring (bicyclic) bond motifs is 1. The molecule has 0 spiro atoms. The first-order chi connectivity index (χ1) is 9.70. The largest absolute Gasteiger partial charge is 0.324 e. The Kier molecular flexibility index (Phi) is 3.25. The molecule has 0 atom stereocenters. The van der Waals surface area contributed by atoms with Crippen molar-refractivity contribution in [2.75, 3.05) is 0 Å². The minimum Gasteiger partial charge on any atom is -0.324 e. The number of nitrogen functional groups attached to an aromatic ring is 1.